The van der Waals surface area contributed by atoms with Gasteiger partial charge in [-0.05, 0) is 69.8 Å². The standard InChI is InChI=1S/C20H24BrClN4O2/c1-11-15(21)8-7-14-16(11)23-18(22)24-17(14)25-9-12-5-6-13(10-25)26(12)19(27)28-20(2,3)4/h7-8,12-13H,5-6,9-10H2,1-4H3. The van der Waals surface area contributed by atoms with Crippen molar-refractivity contribution < 1.29 is 9.53 Å². The molecule has 0 radical (unpaired) electrons. The second-order valence-electron chi connectivity index (χ2n) is 8.56. The number of piperazine rings is 1. The predicted octanol–water partition coefficient (Wildman–Crippen LogP) is 4.94. The van der Waals surface area contributed by atoms with Crippen molar-refractivity contribution in [1.29, 1.82) is 0 Å². The Balaban J connectivity index is 1.65. The summed E-state index contributed by atoms with van der Waals surface area (Å²) in [5.74, 6) is 0.839. The summed E-state index contributed by atoms with van der Waals surface area (Å²) in [5, 5.41) is 1.22. The number of anilines is 1. The van der Waals surface area contributed by atoms with Crippen LogP contribution in [0.15, 0.2) is 16.6 Å². The molecule has 8 heteroatoms. The van der Waals surface area contributed by atoms with Crippen LogP contribution in [0.1, 0.15) is 39.2 Å². The number of aryl methyl sites for hydroxylation is 1. The molecule has 3 heterocycles. The molecule has 2 unspecified atom stereocenters. The lowest BCUT2D eigenvalue weighted by atomic mass is 10.1. The zero-order valence-corrected chi connectivity index (χ0v) is 18.8. The van der Waals surface area contributed by atoms with Gasteiger partial charge in [-0.3, -0.25) is 4.90 Å². The number of benzene rings is 1. The van der Waals surface area contributed by atoms with E-state index in [1.165, 1.54) is 0 Å². The average Bonchev–Trinajstić information content (AvgIpc) is 2.87. The third kappa shape index (κ3) is 3.54. The van der Waals surface area contributed by atoms with Crippen LogP contribution in [0, 0.1) is 6.92 Å². The molecule has 2 atom stereocenters. The molecule has 1 amide bonds. The fraction of sp³-hybridized carbons (Fsp3) is 0.550. The van der Waals surface area contributed by atoms with Gasteiger partial charge in [-0.15, -0.1) is 0 Å². The Labute approximate surface area is 178 Å². The summed E-state index contributed by atoms with van der Waals surface area (Å²) in [6, 6.07) is 4.28. The Kier molecular flexibility index (Phi) is 4.94. The highest BCUT2D eigenvalue weighted by Gasteiger charge is 2.44. The number of nitrogens with zero attached hydrogens (tertiary/aromatic N) is 4. The van der Waals surface area contributed by atoms with Crippen LogP contribution >= 0.6 is 27.5 Å². The Morgan fingerprint density at radius 2 is 1.86 bits per heavy atom. The van der Waals surface area contributed by atoms with Crippen LogP contribution in [0.3, 0.4) is 0 Å². The van der Waals surface area contributed by atoms with Gasteiger partial charge in [-0.25, -0.2) is 9.78 Å². The molecule has 0 aliphatic carbocycles. The minimum absolute atomic E-state index is 0.119. The van der Waals surface area contributed by atoms with Crippen LogP contribution in [0.5, 0.6) is 0 Å². The van der Waals surface area contributed by atoms with Crippen molar-refractivity contribution in [3.8, 4) is 0 Å². The molecule has 2 aromatic rings. The van der Waals surface area contributed by atoms with E-state index in [9.17, 15) is 4.79 Å². The molecule has 4 rings (SSSR count). The van der Waals surface area contributed by atoms with E-state index in [0.717, 1.165) is 39.6 Å². The summed E-state index contributed by atoms with van der Waals surface area (Å²) in [4.78, 5) is 25.9. The molecule has 2 fully saturated rings. The largest absolute Gasteiger partial charge is 0.444 e. The fourth-order valence-electron chi connectivity index (χ4n) is 4.19. The van der Waals surface area contributed by atoms with Gasteiger partial charge in [0.2, 0.25) is 5.28 Å². The lowest BCUT2D eigenvalue weighted by Gasteiger charge is -2.42. The Morgan fingerprint density at radius 1 is 1.21 bits per heavy atom. The second-order valence-corrected chi connectivity index (χ2v) is 9.75. The number of hydrogen-bond donors (Lipinski definition) is 0. The second kappa shape index (κ2) is 7.02. The summed E-state index contributed by atoms with van der Waals surface area (Å²) in [6.45, 7) is 9.15. The highest BCUT2D eigenvalue weighted by Crippen LogP contribution is 2.37. The van der Waals surface area contributed by atoms with Crippen molar-refractivity contribution in [2.75, 3.05) is 18.0 Å². The summed E-state index contributed by atoms with van der Waals surface area (Å²) in [5.41, 5.74) is 1.40. The number of fused-ring (bicyclic) bond motifs is 3. The predicted molar refractivity (Wildman–Crippen MR) is 114 cm³/mol. The number of carbonyl (C=O) groups excluding carboxylic acids is 1. The van der Waals surface area contributed by atoms with E-state index >= 15 is 0 Å². The molecule has 0 saturated carbocycles. The normalized spacial score (nSPS) is 22.1. The maximum atomic E-state index is 12.7. The molecule has 1 aromatic carbocycles. The molecule has 28 heavy (non-hydrogen) atoms. The average molecular weight is 468 g/mol. The van der Waals surface area contributed by atoms with Crippen LogP contribution < -0.4 is 4.90 Å². The summed E-state index contributed by atoms with van der Waals surface area (Å²) < 4.78 is 6.63. The van der Waals surface area contributed by atoms with E-state index in [2.05, 4.69) is 30.8 Å². The van der Waals surface area contributed by atoms with E-state index < -0.39 is 5.60 Å². The highest BCUT2D eigenvalue weighted by molar-refractivity contribution is 9.10. The third-order valence-corrected chi connectivity index (χ3v) is 6.42. The molecule has 2 aliphatic heterocycles. The molecule has 2 bridgehead atoms. The van der Waals surface area contributed by atoms with E-state index in [-0.39, 0.29) is 23.5 Å². The first-order chi connectivity index (χ1) is 13.1. The molecular weight excluding hydrogens is 444 g/mol. The number of hydrogen-bond acceptors (Lipinski definition) is 5. The van der Waals surface area contributed by atoms with Gasteiger partial charge in [0.25, 0.3) is 0 Å². The fourth-order valence-corrected chi connectivity index (χ4v) is 4.68. The number of aromatic nitrogens is 2. The maximum absolute atomic E-state index is 12.7. The number of amides is 1. The zero-order chi connectivity index (χ0) is 20.2. The third-order valence-electron chi connectivity index (χ3n) is 5.39. The van der Waals surface area contributed by atoms with Crippen molar-refractivity contribution in [1.82, 2.24) is 14.9 Å². The lowest BCUT2D eigenvalue weighted by molar-refractivity contribution is 0.0123. The van der Waals surface area contributed by atoms with Gasteiger partial charge < -0.3 is 9.64 Å². The molecule has 1 aromatic heterocycles. The molecule has 6 nitrogen and oxygen atoms in total. The van der Waals surface area contributed by atoms with Crippen molar-refractivity contribution >= 4 is 50.3 Å². The van der Waals surface area contributed by atoms with Gasteiger partial charge in [0.1, 0.15) is 11.4 Å². The molecular formula is C20H24BrClN4O2. The first-order valence-corrected chi connectivity index (χ1v) is 10.7. The Bertz CT molecular complexity index is 932. The van der Waals surface area contributed by atoms with Crippen LogP contribution in [-0.4, -0.2) is 51.7 Å². The quantitative estimate of drug-likeness (QED) is 0.556. The lowest BCUT2D eigenvalue weighted by Crippen LogP contribution is -2.57. The minimum atomic E-state index is -0.491. The SMILES string of the molecule is Cc1c(Br)ccc2c(N3CC4CCC(C3)N4C(=O)OC(C)(C)C)nc(Cl)nc12. The summed E-state index contributed by atoms with van der Waals surface area (Å²) in [6.07, 6.45) is 1.73. The first kappa shape index (κ1) is 19.7. The van der Waals surface area contributed by atoms with Gasteiger partial charge in [0.15, 0.2) is 0 Å². The zero-order valence-electron chi connectivity index (χ0n) is 16.5. The van der Waals surface area contributed by atoms with Crippen molar-refractivity contribution in [3.63, 3.8) is 0 Å². The van der Waals surface area contributed by atoms with Crippen LogP contribution in [0.2, 0.25) is 5.28 Å². The van der Waals surface area contributed by atoms with E-state index in [0.29, 0.717) is 13.1 Å². The Hall–Kier alpha value is -1.60. The van der Waals surface area contributed by atoms with Gasteiger partial charge in [0.05, 0.1) is 17.6 Å². The van der Waals surface area contributed by atoms with Gasteiger partial charge in [-0.2, -0.15) is 4.98 Å². The smallest absolute Gasteiger partial charge is 0.410 e. The van der Waals surface area contributed by atoms with Gasteiger partial charge in [-0.1, -0.05) is 15.9 Å². The first-order valence-electron chi connectivity index (χ1n) is 9.52. The molecule has 150 valence electrons. The van der Waals surface area contributed by atoms with Crippen molar-refractivity contribution in [2.24, 2.45) is 0 Å². The molecule has 2 saturated heterocycles. The number of ether oxygens (including phenoxy) is 1. The van der Waals surface area contributed by atoms with Gasteiger partial charge in [0, 0.05) is 22.9 Å². The molecule has 0 spiro atoms. The van der Waals surface area contributed by atoms with E-state index in [4.69, 9.17) is 16.3 Å². The topological polar surface area (TPSA) is 58.6 Å². The van der Waals surface area contributed by atoms with Crippen LogP contribution in [0.4, 0.5) is 10.6 Å². The van der Waals surface area contributed by atoms with E-state index in [1.807, 2.05) is 44.7 Å². The number of rotatable bonds is 1. The minimum Gasteiger partial charge on any atom is -0.444 e. The molecule has 0 N–H and O–H groups in total. The van der Waals surface area contributed by atoms with Crippen LogP contribution in [-0.2, 0) is 4.74 Å². The summed E-state index contributed by atoms with van der Waals surface area (Å²) >= 11 is 9.82. The van der Waals surface area contributed by atoms with Gasteiger partial charge >= 0.3 is 6.09 Å². The monoisotopic (exact) mass is 466 g/mol. The number of halogens is 2. The van der Waals surface area contributed by atoms with Crippen molar-refractivity contribution in [3.05, 3.63) is 27.5 Å². The summed E-state index contributed by atoms with van der Waals surface area (Å²) in [7, 11) is 0. The maximum Gasteiger partial charge on any atom is 0.410 e. The van der Waals surface area contributed by atoms with Crippen molar-refractivity contribution in [2.45, 2.75) is 58.2 Å². The number of carbonyl (C=O) groups is 1. The Morgan fingerprint density at radius 3 is 2.46 bits per heavy atom. The van der Waals surface area contributed by atoms with Crippen LogP contribution in [0.25, 0.3) is 10.9 Å². The van der Waals surface area contributed by atoms with E-state index in [1.54, 1.807) is 0 Å². The highest BCUT2D eigenvalue weighted by atomic mass is 79.9. The molecule has 2 aliphatic rings.